The molecule has 4 rings (SSSR count). The predicted octanol–water partition coefficient (Wildman–Crippen LogP) is 1.62. The second-order valence-corrected chi connectivity index (χ2v) is 7.55. The molecule has 2 N–H and O–H groups in total. The first-order valence-electron chi connectivity index (χ1n) is 9.61. The average molecular weight is 448 g/mol. The van der Waals surface area contributed by atoms with Crippen LogP contribution in [0.5, 0.6) is 6.01 Å². The molecular weight excluding hydrogens is 426 g/mol. The molecule has 0 bridgehead atoms. The summed E-state index contributed by atoms with van der Waals surface area (Å²) in [6.45, 7) is 1.76. The highest BCUT2D eigenvalue weighted by Gasteiger charge is 2.40. The molecule has 1 atom stereocenters. The molecule has 0 aliphatic carbocycles. The van der Waals surface area contributed by atoms with E-state index in [-0.39, 0.29) is 43.8 Å². The summed E-state index contributed by atoms with van der Waals surface area (Å²) in [5, 5.41) is 20.4. The minimum Gasteiger partial charge on any atom is -0.455 e. The maximum Gasteiger partial charge on any atom is 0.299 e. The van der Waals surface area contributed by atoms with Crippen LogP contribution < -0.4 is 9.64 Å². The van der Waals surface area contributed by atoms with Gasteiger partial charge in [0.2, 0.25) is 12.2 Å². The molecule has 10 nitrogen and oxygen atoms in total. The number of aromatic nitrogens is 3. The predicted molar refractivity (Wildman–Crippen MR) is 111 cm³/mol. The van der Waals surface area contributed by atoms with Crippen molar-refractivity contribution >= 4 is 23.3 Å². The fourth-order valence-corrected chi connectivity index (χ4v) is 3.51. The van der Waals surface area contributed by atoms with E-state index in [1.165, 1.54) is 9.80 Å². The maximum absolute atomic E-state index is 13.2. The summed E-state index contributed by atoms with van der Waals surface area (Å²) < 4.78 is 12.9. The van der Waals surface area contributed by atoms with Gasteiger partial charge in [-0.25, -0.2) is 4.98 Å². The highest BCUT2D eigenvalue weighted by Crippen LogP contribution is 2.33. The molecule has 164 valence electrons. The Morgan fingerprint density at radius 2 is 2.03 bits per heavy atom. The molecule has 1 amide bonds. The van der Waals surface area contributed by atoms with Crippen LogP contribution in [-0.2, 0) is 13.2 Å². The first kappa shape index (κ1) is 21.2. The lowest BCUT2D eigenvalue weighted by atomic mass is 10.2. The molecule has 11 heteroatoms. The molecule has 2 aromatic heterocycles. The number of benzene rings is 1. The van der Waals surface area contributed by atoms with Crippen LogP contribution in [0.4, 0.5) is 5.82 Å². The van der Waals surface area contributed by atoms with Gasteiger partial charge in [0.15, 0.2) is 18.1 Å². The van der Waals surface area contributed by atoms with E-state index in [2.05, 4.69) is 9.97 Å². The van der Waals surface area contributed by atoms with Gasteiger partial charge in [0.05, 0.1) is 19.3 Å². The Bertz CT molecular complexity index is 1080. The zero-order valence-corrected chi connectivity index (χ0v) is 17.8. The zero-order chi connectivity index (χ0) is 22.1. The van der Waals surface area contributed by atoms with Gasteiger partial charge in [-0.3, -0.25) is 14.3 Å². The number of amides is 1. The first-order chi connectivity index (χ1) is 14.9. The quantitative estimate of drug-likeness (QED) is 0.561. The zero-order valence-electron chi connectivity index (χ0n) is 17.0. The van der Waals surface area contributed by atoms with Gasteiger partial charge in [-0.2, -0.15) is 4.98 Å². The highest BCUT2D eigenvalue weighted by atomic mass is 35.5. The number of oxazole rings is 1. The van der Waals surface area contributed by atoms with Crippen LogP contribution in [0.1, 0.15) is 27.7 Å². The van der Waals surface area contributed by atoms with E-state index in [0.29, 0.717) is 16.7 Å². The molecule has 31 heavy (non-hydrogen) atoms. The summed E-state index contributed by atoms with van der Waals surface area (Å²) in [6, 6.07) is 7.37. The van der Waals surface area contributed by atoms with Crippen molar-refractivity contribution in [2.75, 3.05) is 25.1 Å². The number of aliphatic hydroxyl groups excluding tert-OH is 2. The van der Waals surface area contributed by atoms with E-state index in [4.69, 9.17) is 20.8 Å². The van der Waals surface area contributed by atoms with E-state index < -0.39 is 12.3 Å². The molecule has 0 spiro atoms. The Labute approximate surface area is 183 Å². The number of nitrogens with zero attached hydrogens (tertiary/aromatic N) is 5. The summed E-state index contributed by atoms with van der Waals surface area (Å²) in [6.07, 6.45) is 0.331. The Kier molecular flexibility index (Phi) is 5.86. The standard InChI is InChI=1S/C20H22ClN5O5/c1-12-9-22-15(31-12)11-30-19-23-17-16(18(28)25(7-8-27)20(29)24(17)2)26(19)10-13-3-5-14(21)6-4-13/h3-6,9,20,27,29H,7-8,10-11H2,1-2H3. The molecule has 0 saturated carbocycles. The summed E-state index contributed by atoms with van der Waals surface area (Å²) in [4.78, 5) is 24.4. The van der Waals surface area contributed by atoms with Gasteiger partial charge in [-0.15, -0.1) is 0 Å². The normalized spacial score (nSPS) is 16.0. The van der Waals surface area contributed by atoms with Crippen LogP contribution in [0.2, 0.25) is 5.02 Å². The third-order valence-corrected chi connectivity index (χ3v) is 5.18. The molecule has 0 fully saturated rings. The number of anilines is 1. The van der Waals surface area contributed by atoms with Crippen molar-refractivity contribution in [3.63, 3.8) is 0 Å². The SMILES string of the molecule is Cc1cnc(COc2nc3c(n2Cc2ccc(Cl)cc2)C(=O)N(CCO)C(O)N3C)o1. The molecule has 0 radical (unpaired) electrons. The largest absolute Gasteiger partial charge is 0.455 e. The number of rotatable bonds is 7. The number of imidazole rings is 1. The highest BCUT2D eigenvalue weighted by molar-refractivity contribution is 6.30. The average Bonchev–Trinajstić information content (AvgIpc) is 3.33. The van der Waals surface area contributed by atoms with Gasteiger partial charge >= 0.3 is 0 Å². The van der Waals surface area contributed by atoms with Gasteiger partial charge in [-0.05, 0) is 24.6 Å². The topological polar surface area (TPSA) is 117 Å². The van der Waals surface area contributed by atoms with Crippen molar-refractivity contribution in [3.8, 4) is 6.01 Å². The molecule has 1 aliphatic heterocycles. The number of aryl methyl sites for hydroxylation is 1. The Balaban J connectivity index is 1.74. The van der Waals surface area contributed by atoms with Crippen molar-refractivity contribution in [2.24, 2.45) is 0 Å². The number of aliphatic hydroxyl groups is 2. The third kappa shape index (κ3) is 4.09. The van der Waals surface area contributed by atoms with E-state index in [9.17, 15) is 15.0 Å². The lowest BCUT2D eigenvalue weighted by Gasteiger charge is -2.38. The molecular formula is C20H22ClN5O5. The van der Waals surface area contributed by atoms with E-state index >= 15 is 0 Å². The fraction of sp³-hybridized carbons (Fsp3) is 0.350. The minimum atomic E-state index is -1.26. The monoisotopic (exact) mass is 447 g/mol. The van der Waals surface area contributed by atoms with Crippen molar-refractivity contribution in [1.82, 2.24) is 19.4 Å². The summed E-state index contributed by atoms with van der Waals surface area (Å²) in [5.41, 5.74) is 1.12. The maximum atomic E-state index is 13.2. The van der Waals surface area contributed by atoms with Crippen LogP contribution in [0.15, 0.2) is 34.9 Å². The summed E-state index contributed by atoms with van der Waals surface area (Å²) in [7, 11) is 1.61. The Morgan fingerprint density at radius 3 is 2.68 bits per heavy atom. The number of carbonyl (C=O) groups excluding carboxylic acids is 1. The Morgan fingerprint density at radius 1 is 1.29 bits per heavy atom. The Hall–Kier alpha value is -3.08. The molecule has 3 heterocycles. The van der Waals surface area contributed by atoms with Crippen LogP contribution in [0, 0.1) is 6.92 Å². The van der Waals surface area contributed by atoms with Crippen molar-refractivity contribution in [2.45, 2.75) is 26.4 Å². The number of hydrogen-bond donors (Lipinski definition) is 2. The molecule has 3 aromatic rings. The van der Waals surface area contributed by atoms with Crippen LogP contribution in [-0.4, -0.2) is 62.1 Å². The second-order valence-electron chi connectivity index (χ2n) is 7.11. The van der Waals surface area contributed by atoms with Crippen LogP contribution in [0.25, 0.3) is 0 Å². The summed E-state index contributed by atoms with van der Waals surface area (Å²) >= 11 is 5.99. The molecule has 1 aliphatic rings. The van der Waals surface area contributed by atoms with Crippen molar-refractivity contribution in [1.29, 1.82) is 0 Å². The van der Waals surface area contributed by atoms with Gasteiger partial charge in [0, 0.05) is 18.6 Å². The number of β-amino-alcohol motifs (C(OH)–C–C–N with tert-alkyl or cyclic N) is 1. The van der Waals surface area contributed by atoms with Crippen LogP contribution in [0.3, 0.4) is 0 Å². The van der Waals surface area contributed by atoms with Gasteiger partial charge in [-0.1, -0.05) is 23.7 Å². The smallest absolute Gasteiger partial charge is 0.299 e. The van der Waals surface area contributed by atoms with E-state index in [0.717, 1.165) is 5.56 Å². The number of carbonyl (C=O) groups is 1. The van der Waals surface area contributed by atoms with Crippen molar-refractivity contribution < 1.29 is 24.2 Å². The van der Waals surface area contributed by atoms with Crippen LogP contribution >= 0.6 is 11.6 Å². The number of hydrogen-bond acceptors (Lipinski definition) is 8. The lowest BCUT2D eigenvalue weighted by Crippen LogP contribution is -2.55. The number of fused-ring (bicyclic) bond motifs is 1. The van der Waals surface area contributed by atoms with Gasteiger partial charge in [0.1, 0.15) is 5.76 Å². The lowest BCUT2D eigenvalue weighted by molar-refractivity contribution is -0.00309. The minimum absolute atomic E-state index is 0.0190. The number of ether oxygens (including phenoxy) is 1. The first-order valence-corrected chi connectivity index (χ1v) is 9.98. The molecule has 1 aromatic carbocycles. The second kappa shape index (κ2) is 8.58. The number of halogens is 1. The van der Waals surface area contributed by atoms with Crippen molar-refractivity contribution in [3.05, 3.63) is 58.4 Å². The molecule has 1 unspecified atom stereocenters. The van der Waals surface area contributed by atoms with Gasteiger partial charge < -0.3 is 24.3 Å². The van der Waals surface area contributed by atoms with Gasteiger partial charge in [0.25, 0.3) is 11.9 Å². The summed E-state index contributed by atoms with van der Waals surface area (Å²) in [5.74, 6) is 0.843. The molecule has 0 saturated heterocycles. The third-order valence-electron chi connectivity index (χ3n) is 4.93. The van der Waals surface area contributed by atoms with E-state index in [1.807, 2.05) is 12.1 Å². The van der Waals surface area contributed by atoms with E-state index in [1.54, 1.807) is 36.9 Å². The fourth-order valence-electron chi connectivity index (χ4n) is 3.39.